The van der Waals surface area contributed by atoms with Gasteiger partial charge in [0.2, 0.25) is 0 Å². The molecule has 2 heterocycles. The van der Waals surface area contributed by atoms with Gasteiger partial charge in [-0.15, -0.1) is 0 Å². The van der Waals surface area contributed by atoms with Gasteiger partial charge in [-0.1, -0.05) is 115 Å². The van der Waals surface area contributed by atoms with E-state index in [0.29, 0.717) is 0 Å². The highest BCUT2D eigenvalue weighted by molar-refractivity contribution is 6.13. The first kappa shape index (κ1) is 33.5. The molecule has 0 aliphatic carbocycles. The van der Waals surface area contributed by atoms with E-state index in [-0.39, 0.29) is 0 Å². The van der Waals surface area contributed by atoms with Gasteiger partial charge in [0.25, 0.3) is 0 Å². The predicted octanol–water partition coefficient (Wildman–Crippen LogP) is 15.8. The second kappa shape index (κ2) is 14.0. The predicted molar refractivity (Wildman–Crippen MR) is 241 cm³/mol. The Labute approximate surface area is 336 Å². The molecule has 4 heteroatoms. The molecule has 2 aromatic heterocycles. The molecule has 0 unspecified atom stereocenters. The third-order valence-electron chi connectivity index (χ3n) is 11.0. The third-order valence-corrected chi connectivity index (χ3v) is 11.0. The highest BCUT2D eigenvalue weighted by atomic mass is 16.3. The number of hydrogen-bond donors (Lipinski definition) is 0. The Kier molecular flexibility index (Phi) is 8.11. The number of rotatable bonds is 8. The number of anilines is 6. The van der Waals surface area contributed by atoms with E-state index in [1.165, 1.54) is 0 Å². The number of furan rings is 2. The summed E-state index contributed by atoms with van der Waals surface area (Å²) in [6.07, 6.45) is 0. The van der Waals surface area contributed by atoms with Crippen LogP contribution in [0, 0.1) is 0 Å². The molecule has 0 saturated heterocycles. The Hall–Kier alpha value is -7.82. The first-order chi connectivity index (χ1) is 28.7. The molecule has 11 rings (SSSR count). The van der Waals surface area contributed by atoms with Crippen molar-refractivity contribution in [3.63, 3.8) is 0 Å². The summed E-state index contributed by atoms with van der Waals surface area (Å²) in [6, 6.07) is 76.7. The van der Waals surface area contributed by atoms with Gasteiger partial charge < -0.3 is 18.6 Å². The summed E-state index contributed by atoms with van der Waals surface area (Å²) >= 11 is 0. The summed E-state index contributed by atoms with van der Waals surface area (Å²) in [7, 11) is 0. The molecular weight excluding hydrogens is 709 g/mol. The van der Waals surface area contributed by atoms with Gasteiger partial charge in [-0.3, -0.25) is 0 Å². The SMILES string of the molecule is c1ccc(N(c2ccccc2)c2ccc(-c3cccc4oc5cc(N(c6ccccc6)c6cccc(-c7ccc8oc9ccccc9c8c7)c6)ccc5c34)cc2)cc1. The normalized spacial score (nSPS) is 11.4. The molecule has 0 radical (unpaired) electrons. The summed E-state index contributed by atoms with van der Waals surface area (Å²) in [5.74, 6) is 0. The Morgan fingerprint density at radius 3 is 1.48 bits per heavy atom. The smallest absolute Gasteiger partial charge is 0.137 e. The molecule has 0 fully saturated rings. The zero-order valence-corrected chi connectivity index (χ0v) is 31.5. The standard InChI is InChI=1S/C54H36N2O2/c1-4-15-40(16-5-1)55(41-17-6-2-7-18-41)43-29-26-37(27-30-43)46-23-13-25-52-54(46)48-32-31-45(36-53(48)58-52)56(42-19-8-3-9-20-42)44-21-12-14-38(34-44)39-28-33-51-49(35-39)47-22-10-11-24-50(47)57-51/h1-36H. The van der Waals surface area contributed by atoms with E-state index < -0.39 is 0 Å². The average Bonchev–Trinajstić information content (AvgIpc) is 3.86. The number of nitrogens with zero attached hydrogens (tertiary/aromatic N) is 2. The largest absolute Gasteiger partial charge is 0.456 e. The molecule has 0 atom stereocenters. The number of benzene rings is 9. The molecule has 0 bridgehead atoms. The molecule has 0 aliphatic heterocycles. The number of para-hydroxylation sites is 4. The van der Waals surface area contributed by atoms with Gasteiger partial charge in [0.05, 0.1) is 0 Å². The maximum absolute atomic E-state index is 6.67. The number of fused-ring (bicyclic) bond motifs is 6. The van der Waals surface area contributed by atoms with Crippen LogP contribution in [0.25, 0.3) is 66.1 Å². The van der Waals surface area contributed by atoms with E-state index in [9.17, 15) is 0 Å². The summed E-state index contributed by atoms with van der Waals surface area (Å²) in [4.78, 5) is 4.58. The molecular formula is C54H36N2O2. The molecule has 0 saturated carbocycles. The lowest BCUT2D eigenvalue weighted by Gasteiger charge is -2.26. The van der Waals surface area contributed by atoms with Crippen LogP contribution in [0.5, 0.6) is 0 Å². The second-order valence-electron chi connectivity index (χ2n) is 14.5. The van der Waals surface area contributed by atoms with E-state index in [2.05, 4.69) is 216 Å². The van der Waals surface area contributed by atoms with Crippen LogP contribution < -0.4 is 9.80 Å². The van der Waals surface area contributed by atoms with Crippen molar-refractivity contribution in [3.05, 3.63) is 218 Å². The van der Waals surface area contributed by atoms with Crippen molar-refractivity contribution in [3.8, 4) is 22.3 Å². The van der Waals surface area contributed by atoms with E-state index in [1.54, 1.807) is 0 Å². The molecule has 0 spiro atoms. The maximum Gasteiger partial charge on any atom is 0.137 e. The molecule has 0 aliphatic rings. The minimum atomic E-state index is 0.838. The van der Waals surface area contributed by atoms with Gasteiger partial charge in [-0.25, -0.2) is 0 Å². The Bertz CT molecular complexity index is 3180. The Morgan fingerprint density at radius 2 is 0.759 bits per heavy atom. The summed E-state index contributed by atoms with van der Waals surface area (Å²) in [5.41, 5.74) is 14.5. The Morgan fingerprint density at radius 1 is 0.259 bits per heavy atom. The Balaban J connectivity index is 0.979. The molecule has 0 amide bonds. The zero-order valence-electron chi connectivity index (χ0n) is 31.5. The van der Waals surface area contributed by atoms with Crippen LogP contribution in [0.15, 0.2) is 227 Å². The topological polar surface area (TPSA) is 32.8 Å². The summed E-state index contributed by atoms with van der Waals surface area (Å²) in [5, 5.41) is 4.43. The first-order valence-corrected chi connectivity index (χ1v) is 19.6. The van der Waals surface area contributed by atoms with E-state index in [1.807, 2.05) is 12.1 Å². The maximum atomic E-state index is 6.67. The fourth-order valence-corrected chi connectivity index (χ4v) is 8.34. The lowest BCUT2D eigenvalue weighted by atomic mass is 9.98. The fraction of sp³-hybridized carbons (Fsp3) is 0. The summed E-state index contributed by atoms with van der Waals surface area (Å²) < 4.78 is 12.8. The highest BCUT2D eigenvalue weighted by Gasteiger charge is 2.19. The van der Waals surface area contributed by atoms with Gasteiger partial charge >= 0.3 is 0 Å². The molecule has 11 aromatic rings. The third kappa shape index (κ3) is 5.87. The van der Waals surface area contributed by atoms with Crippen LogP contribution in [-0.2, 0) is 0 Å². The van der Waals surface area contributed by atoms with Gasteiger partial charge in [0, 0.05) is 61.7 Å². The van der Waals surface area contributed by atoms with Crippen LogP contribution in [0.4, 0.5) is 34.1 Å². The van der Waals surface area contributed by atoms with E-state index in [0.717, 1.165) is 100 Å². The van der Waals surface area contributed by atoms with Gasteiger partial charge in [-0.05, 0) is 119 Å². The summed E-state index contributed by atoms with van der Waals surface area (Å²) in [6.45, 7) is 0. The van der Waals surface area contributed by atoms with Crippen LogP contribution in [0.3, 0.4) is 0 Å². The van der Waals surface area contributed by atoms with Crippen molar-refractivity contribution >= 4 is 78.0 Å². The van der Waals surface area contributed by atoms with Crippen LogP contribution in [0.2, 0.25) is 0 Å². The van der Waals surface area contributed by atoms with Gasteiger partial charge in [0.1, 0.15) is 22.3 Å². The average molecular weight is 745 g/mol. The second-order valence-corrected chi connectivity index (χ2v) is 14.5. The van der Waals surface area contributed by atoms with E-state index >= 15 is 0 Å². The van der Waals surface area contributed by atoms with Crippen molar-refractivity contribution < 1.29 is 8.83 Å². The van der Waals surface area contributed by atoms with Crippen molar-refractivity contribution in [2.45, 2.75) is 0 Å². The minimum absolute atomic E-state index is 0.838. The zero-order chi connectivity index (χ0) is 38.4. The van der Waals surface area contributed by atoms with Crippen molar-refractivity contribution in [2.75, 3.05) is 9.80 Å². The van der Waals surface area contributed by atoms with Crippen LogP contribution >= 0.6 is 0 Å². The van der Waals surface area contributed by atoms with Crippen molar-refractivity contribution in [1.29, 1.82) is 0 Å². The van der Waals surface area contributed by atoms with E-state index in [4.69, 9.17) is 8.83 Å². The highest BCUT2D eigenvalue weighted by Crippen LogP contribution is 2.43. The van der Waals surface area contributed by atoms with Gasteiger partial charge in [-0.2, -0.15) is 0 Å². The molecule has 4 nitrogen and oxygen atoms in total. The molecule has 58 heavy (non-hydrogen) atoms. The lowest BCUT2D eigenvalue weighted by molar-refractivity contribution is 0.668. The first-order valence-electron chi connectivity index (χ1n) is 19.6. The lowest BCUT2D eigenvalue weighted by Crippen LogP contribution is -2.09. The quantitative estimate of drug-likeness (QED) is 0.155. The molecule has 0 N–H and O–H groups in total. The molecule has 9 aromatic carbocycles. The van der Waals surface area contributed by atoms with Crippen LogP contribution in [-0.4, -0.2) is 0 Å². The monoisotopic (exact) mass is 744 g/mol. The van der Waals surface area contributed by atoms with Crippen LogP contribution in [0.1, 0.15) is 0 Å². The molecule has 274 valence electrons. The van der Waals surface area contributed by atoms with Crippen molar-refractivity contribution in [2.24, 2.45) is 0 Å². The van der Waals surface area contributed by atoms with Crippen molar-refractivity contribution in [1.82, 2.24) is 0 Å². The van der Waals surface area contributed by atoms with Gasteiger partial charge in [0.15, 0.2) is 0 Å². The number of hydrogen-bond acceptors (Lipinski definition) is 4. The fourth-order valence-electron chi connectivity index (χ4n) is 8.34. The minimum Gasteiger partial charge on any atom is -0.456 e.